The molecular formula is C8H8BrN5. The minimum atomic E-state index is 0.0283. The van der Waals surface area contributed by atoms with Gasteiger partial charge in [0.1, 0.15) is 5.52 Å². The van der Waals surface area contributed by atoms with Crippen molar-refractivity contribution in [1.82, 2.24) is 9.97 Å². The van der Waals surface area contributed by atoms with Gasteiger partial charge in [-0.05, 0) is 28.1 Å². The summed E-state index contributed by atoms with van der Waals surface area (Å²) in [6.07, 6.45) is 1.62. The third-order valence-corrected chi connectivity index (χ3v) is 2.54. The number of H-pyrrole nitrogens is 1. The number of aromatic nitrogens is 2. The maximum Gasteiger partial charge on any atom is 0.191 e. The van der Waals surface area contributed by atoms with Gasteiger partial charge < -0.3 is 16.5 Å². The van der Waals surface area contributed by atoms with E-state index in [1.165, 1.54) is 0 Å². The van der Waals surface area contributed by atoms with Crippen molar-refractivity contribution >= 4 is 38.6 Å². The second-order valence-electron chi connectivity index (χ2n) is 2.73. The molecule has 72 valence electrons. The summed E-state index contributed by atoms with van der Waals surface area (Å²) >= 11 is 3.39. The van der Waals surface area contributed by atoms with Crippen LogP contribution in [0.4, 0.5) is 5.69 Å². The number of benzene rings is 1. The van der Waals surface area contributed by atoms with Gasteiger partial charge in [-0.1, -0.05) is 0 Å². The molecule has 1 heterocycles. The molecule has 6 heteroatoms. The first-order valence-corrected chi connectivity index (χ1v) is 4.69. The first-order chi connectivity index (χ1) is 6.68. The van der Waals surface area contributed by atoms with Gasteiger partial charge in [0.2, 0.25) is 0 Å². The van der Waals surface area contributed by atoms with Gasteiger partial charge in [-0.3, -0.25) is 0 Å². The molecule has 0 aliphatic heterocycles. The second kappa shape index (κ2) is 3.30. The van der Waals surface area contributed by atoms with Crippen molar-refractivity contribution in [3.8, 4) is 0 Å². The molecule has 14 heavy (non-hydrogen) atoms. The standard InChI is InChI=1S/C8H8BrN5/c9-6-4(14-8(10)11)1-2-5-7(6)13-3-12-5/h1-3H,(H,12,13)(H4,10,11,14). The number of aromatic amines is 1. The normalized spacial score (nSPS) is 10.4. The third-order valence-electron chi connectivity index (χ3n) is 1.76. The number of aliphatic imine (C=N–C) groups is 1. The number of imidazole rings is 1. The molecule has 0 aliphatic carbocycles. The average molecular weight is 254 g/mol. The lowest BCUT2D eigenvalue weighted by Crippen LogP contribution is -2.21. The highest BCUT2D eigenvalue weighted by Gasteiger charge is 2.05. The van der Waals surface area contributed by atoms with E-state index in [0.717, 1.165) is 15.5 Å². The highest BCUT2D eigenvalue weighted by Crippen LogP contribution is 2.31. The molecule has 0 fully saturated rings. The van der Waals surface area contributed by atoms with E-state index in [-0.39, 0.29) is 5.96 Å². The molecule has 2 rings (SSSR count). The second-order valence-corrected chi connectivity index (χ2v) is 3.53. The topological polar surface area (TPSA) is 93.1 Å². The van der Waals surface area contributed by atoms with Crippen LogP contribution in [0.5, 0.6) is 0 Å². The van der Waals surface area contributed by atoms with Gasteiger partial charge in [0.15, 0.2) is 5.96 Å². The summed E-state index contributed by atoms with van der Waals surface area (Å²) in [4.78, 5) is 11.1. The number of nitrogens with one attached hydrogen (secondary N) is 1. The van der Waals surface area contributed by atoms with Crippen molar-refractivity contribution in [1.29, 1.82) is 0 Å². The van der Waals surface area contributed by atoms with Gasteiger partial charge >= 0.3 is 0 Å². The highest BCUT2D eigenvalue weighted by molar-refractivity contribution is 9.10. The lowest BCUT2D eigenvalue weighted by molar-refractivity contribution is 1.34. The highest BCUT2D eigenvalue weighted by atomic mass is 79.9. The minimum Gasteiger partial charge on any atom is -0.370 e. The van der Waals surface area contributed by atoms with E-state index in [1.54, 1.807) is 6.33 Å². The predicted molar refractivity (Wildman–Crippen MR) is 59.3 cm³/mol. The van der Waals surface area contributed by atoms with Crippen molar-refractivity contribution in [2.75, 3.05) is 0 Å². The molecule has 1 aromatic carbocycles. The molecule has 0 unspecified atom stereocenters. The van der Waals surface area contributed by atoms with Crippen LogP contribution in [0.2, 0.25) is 0 Å². The van der Waals surface area contributed by atoms with Crippen molar-refractivity contribution in [3.63, 3.8) is 0 Å². The van der Waals surface area contributed by atoms with Crippen molar-refractivity contribution in [2.24, 2.45) is 16.5 Å². The fourth-order valence-electron chi connectivity index (χ4n) is 1.19. The first kappa shape index (κ1) is 9.01. The van der Waals surface area contributed by atoms with Gasteiger partial charge in [0.05, 0.1) is 22.0 Å². The van der Waals surface area contributed by atoms with Crippen LogP contribution in [0.25, 0.3) is 11.0 Å². The van der Waals surface area contributed by atoms with Crippen LogP contribution in [0.1, 0.15) is 0 Å². The molecule has 0 saturated heterocycles. The molecule has 1 aromatic heterocycles. The summed E-state index contributed by atoms with van der Waals surface area (Å²) in [6, 6.07) is 3.68. The Morgan fingerprint density at radius 3 is 2.93 bits per heavy atom. The number of nitrogens with zero attached hydrogens (tertiary/aromatic N) is 2. The maximum absolute atomic E-state index is 5.29. The quantitative estimate of drug-likeness (QED) is 0.527. The molecule has 5 N–H and O–H groups in total. The first-order valence-electron chi connectivity index (χ1n) is 3.89. The molecule has 0 radical (unpaired) electrons. The maximum atomic E-state index is 5.29. The lowest BCUT2D eigenvalue weighted by atomic mass is 10.3. The Morgan fingerprint density at radius 1 is 1.43 bits per heavy atom. The third kappa shape index (κ3) is 1.44. The van der Waals surface area contributed by atoms with Crippen LogP contribution in [0.3, 0.4) is 0 Å². The Hall–Kier alpha value is -1.56. The zero-order valence-corrected chi connectivity index (χ0v) is 8.75. The summed E-state index contributed by atoms with van der Waals surface area (Å²) < 4.78 is 0.782. The molecule has 0 amide bonds. The Morgan fingerprint density at radius 2 is 2.21 bits per heavy atom. The Labute approximate surface area is 88.3 Å². The van der Waals surface area contributed by atoms with Crippen molar-refractivity contribution in [2.45, 2.75) is 0 Å². The van der Waals surface area contributed by atoms with E-state index in [0.29, 0.717) is 5.69 Å². The Kier molecular flexibility index (Phi) is 2.12. The monoisotopic (exact) mass is 253 g/mol. The Bertz CT molecular complexity index is 497. The summed E-state index contributed by atoms with van der Waals surface area (Å²) in [6.45, 7) is 0. The number of nitrogens with two attached hydrogens (primary N) is 2. The summed E-state index contributed by atoms with van der Waals surface area (Å²) in [5.74, 6) is 0.0283. The summed E-state index contributed by atoms with van der Waals surface area (Å²) in [5.41, 5.74) is 13.0. The molecule has 0 spiro atoms. The molecule has 0 bridgehead atoms. The Balaban J connectivity index is 2.68. The molecule has 0 atom stereocenters. The lowest BCUT2D eigenvalue weighted by Gasteiger charge is -1.99. The number of fused-ring (bicyclic) bond motifs is 1. The van der Waals surface area contributed by atoms with Gasteiger partial charge in [-0.2, -0.15) is 0 Å². The van der Waals surface area contributed by atoms with Crippen LogP contribution < -0.4 is 11.5 Å². The smallest absolute Gasteiger partial charge is 0.191 e. The van der Waals surface area contributed by atoms with Crippen molar-refractivity contribution in [3.05, 3.63) is 22.9 Å². The van der Waals surface area contributed by atoms with Crippen LogP contribution in [0.15, 0.2) is 27.9 Å². The van der Waals surface area contributed by atoms with Gasteiger partial charge in [0.25, 0.3) is 0 Å². The van der Waals surface area contributed by atoms with E-state index < -0.39 is 0 Å². The zero-order chi connectivity index (χ0) is 10.1. The van der Waals surface area contributed by atoms with Crippen LogP contribution >= 0.6 is 15.9 Å². The molecular weight excluding hydrogens is 246 g/mol. The molecule has 0 saturated carbocycles. The fourth-order valence-corrected chi connectivity index (χ4v) is 1.73. The number of hydrogen-bond acceptors (Lipinski definition) is 2. The van der Waals surface area contributed by atoms with Crippen LogP contribution in [0, 0.1) is 0 Å². The number of rotatable bonds is 1. The van der Waals surface area contributed by atoms with E-state index in [2.05, 4.69) is 30.9 Å². The van der Waals surface area contributed by atoms with Gasteiger partial charge in [-0.25, -0.2) is 9.98 Å². The molecule has 2 aromatic rings. The van der Waals surface area contributed by atoms with Crippen molar-refractivity contribution < 1.29 is 0 Å². The molecule has 0 aliphatic rings. The van der Waals surface area contributed by atoms with E-state index >= 15 is 0 Å². The zero-order valence-electron chi connectivity index (χ0n) is 7.16. The summed E-state index contributed by atoms with van der Waals surface area (Å²) in [5, 5.41) is 0. The number of hydrogen-bond donors (Lipinski definition) is 3. The fraction of sp³-hybridized carbons (Fsp3) is 0. The van der Waals surface area contributed by atoms with Crippen LogP contribution in [-0.2, 0) is 0 Å². The largest absolute Gasteiger partial charge is 0.370 e. The SMILES string of the molecule is NC(N)=Nc1ccc2[nH]cnc2c1Br. The number of guanidine groups is 1. The van der Waals surface area contributed by atoms with E-state index in [4.69, 9.17) is 11.5 Å². The van der Waals surface area contributed by atoms with Gasteiger partial charge in [-0.15, -0.1) is 0 Å². The number of halogens is 1. The van der Waals surface area contributed by atoms with Crippen LogP contribution in [-0.4, -0.2) is 15.9 Å². The van der Waals surface area contributed by atoms with E-state index in [9.17, 15) is 0 Å². The van der Waals surface area contributed by atoms with E-state index in [1.807, 2.05) is 12.1 Å². The average Bonchev–Trinajstić information content (AvgIpc) is 2.57. The summed E-state index contributed by atoms with van der Waals surface area (Å²) in [7, 11) is 0. The minimum absolute atomic E-state index is 0.0283. The molecule has 5 nitrogen and oxygen atoms in total. The predicted octanol–water partition coefficient (Wildman–Crippen LogP) is 1.23. The van der Waals surface area contributed by atoms with Gasteiger partial charge in [0, 0.05) is 0 Å².